The van der Waals surface area contributed by atoms with Gasteiger partial charge >= 0.3 is 0 Å². The first-order valence-corrected chi connectivity index (χ1v) is 7.20. The van der Waals surface area contributed by atoms with E-state index in [1.54, 1.807) is 0 Å². The molecule has 0 bridgehead atoms. The first-order valence-electron chi connectivity index (χ1n) is 6.79. The molecule has 1 fully saturated rings. The van der Waals surface area contributed by atoms with E-state index in [0.29, 0.717) is 4.99 Å². The minimum atomic E-state index is -0.205. The van der Waals surface area contributed by atoms with Gasteiger partial charge < -0.3 is 11.1 Å². The molecule has 0 aliphatic heterocycles. The summed E-state index contributed by atoms with van der Waals surface area (Å²) in [5.41, 5.74) is 6.94. The Morgan fingerprint density at radius 1 is 1.37 bits per heavy atom. The maximum Gasteiger partial charge on any atom is 0.230 e. The van der Waals surface area contributed by atoms with Gasteiger partial charge in [-0.05, 0) is 31.4 Å². The van der Waals surface area contributed by atoms with Crippen LogP contribution < -0.4 is 11.1 Å². The normalized spacial score (nSPS) is 17.1. The average molecular weight is 276 g/mol. The molecule has 102 valence electrons. The largest absolute Gasteiger partial charge is 0.389 e. The van der Waals surface area contributed by atoms with Crippen LogP contribution in [-0.4, -0.2) is 10.9 Å². The number of anilines is 1. The van der Waals surface area contributed by atoms with Gasteiger partial charge in [0.05, 0.1) is 5.69 Å². The molecule has 3 N–H and O–H groups in total. The lowest BCUT2D eigenvalue weighted by Gasteiger charge is -2.26. The summed E-state index contributed by atoms with van der Waals surface area (Å²) in [6.07, 6.45) is 5.11. The molecule has 0 saturated heterocycles. The van der Waals surface area contributed by atoms with E-state index in [2.05, 4.69) is 12.2 Å². The monoisotopic (exact) mass is 276 g/mol. The second-order valence-corrected chi connectivity index (χ2v) is 5.64. The number of benzene rings is 1. The zero-order valence-corrected chi connectivity index (χ0v) is 12.1. The fraction of sp³-hybridized carbons (Fsp3) is 0.467. The molecule has 3 nitrogen and oxygen atoms in total. The summed E-state index contributed by atoms with van der Waals surface area (Å²) < 4.78 is 0. The fourth-order valence-electron chi connectivity index (χ4n) is 2.85. The number of nitrogens with two attached hydrogens (primary N) is 1. The summed E-state index contributed by atoms with van der Waals surface area (Å²) in [5.74, 6) is 0.108. The molecule has 1 aromatic rings. The van der Waals surface area contributed by atoms with Crippen molar-refractivity contribution in [3.05, 3.63) is 29.8 Å². The molecule has 0 aromatic heterocycles. The van der Waals surface area contributed by atoms with Gasteiger partial charge in [0.2, 0.25) is 5.91 Å². The van der Waals surface area contributed by atoms with Gasteiger partial charge in [-0.25, -0.2) is 0 Å². The van der Waals surface area contributed by atoms with Crippen LogP contribution in [0.1, 0.15) is 44.6 Å². The summed E-state index contributed by atoms with van der Waals surface area (Å²) >= 11 is 5.02. The molecule has 2 rings (SSSR count). The van der Waals surface area contributed by atoms with E-state index in [9.17, 15) is 4.79 Å². The van der Waals surface area contributed by atoms with Crippen LogP contribution in [0.25, 0.3) is 0 Å². The summed E-state index contributed by atoms with van der Waals surface area (Å²) in [6.45, 7) is 2.09. The summed E-state index contributed by atoms with van der Waals surface area (Å²) in [5, 5.41) is 3.02. The number of carbonyl (C=O) groups excluding carboxylic acids is 1. The lowest BCUT2D eigenvalue weighted by Crippen LogP contribution is -2.33. The number of para-hydroxylation sites is 1. The van der Waals surface area contributed by atoms with Crippen molar-refractivity contribution in [2.45, 2.75) is 39.0 Å². The number of amides is 1. The molecule has 1 saturated carbocycles. The number of rotatable bonds is 4. The summed E-state index contributed by atoms with van der Waals surface area (Å²) in [4.78, 5) is 12.9. The van der Waals surface area contributed by atoms with Crippen molar-refractivity contribution in [3.63, 3.8) is 0 Å². The van der Waals surface area contributed by atoms with Crippen LogP contribution in [0.4, 0.5) is 5.69 Å². The van der Waals surface area contributed by atoms with Crippen LogP contribution in [0, 0.1) is 5.41 Å². The molecule has 1 amide bonds. The van der Waals surface area contributed by atoms with Crippen LogP contribution in [0.15, 0.2) is 24.3 Å². The maximum atomic E-state index is 12.5. The Balaban J connectivity index is 2.21. The van der Waals surface area contributed by atoms with Crippen molar-refractivity contribution in [1.29, 1.82) is 0 Å². The Morgan fingerprint density at radius 3 is 2.58 bits per heavy atom. The van der Waals surface area contributed by atoms with Crippen LogP contribution in [0.5, 0.6) is 0 Å². The third kappa shape index (κ3) is 2.78. The van der Waals surface area contributed by atoms with Gasteiger partial charge in [0.15, 0.2) is 0 Å². The molecule has 1 aliphatic carbocycles. The van der Waals surface area contributed by atoms with E-state index in [1.807, 2.05) is 24.3 Å². The molecule has 0 spiro atoms. The molecule has 0 radical (unpaired) electrons. The Morgan fingerprint density at radius 2 is 2.00 bits per heavy atom. The molecule has 0 atom stereocenters. The predicted octanol–water partition coefficient (Wildman–Crippen LogP) is 3.23. The highest BCUT2D eigenvalue weighted by Crippen LogP contribution is 2.42. The van der Waals surface area contributed by atoms with Crippen molar-refractivity contribution < 1.29 is 4.79 Å². The predicted molar refractivity (Wildman–Crippen MR) is 82.2 cm³/mol. The SMILES string of the molecule is CCC1(C(=O)Nc2ccccc2C(N)=S)CCCC1. The highest BCUT2D eigenvalue weighted by Gasteiger charge is 2.39. The molecule has 4 heteroatoms. The van der Waals surface area contributed by atoms with Crippen molar-refractivity contribution in [3.8, 4) is 0 Å². The minimum absolute atomic E-state index is 0.108. The Bertz CT molecular complexity index is 493. The zero-order chi connectivity index (χ0) is 13.9. The van der Waals surface area contributed by atoms with Crippen molar-refractivity contribution in [2.24, 2.45) is 11.1 Å². The number of hydrogen-bond acceptors (Lipinski definition) is 2. The van der Waals surface area contributed by atoms with E-state index in [-0.39, 0.29) is 11.3 Å². The molecule has 0 heterocycles. The standard InChI is InChI=1S/C15H20N2OS/c1-2-15(9-5-6-10-15)14(18)17-12-8-4-3-7-11(12)13(16)19/h3-4,7-8H,2,5-6,9-10H2,1H3,(H2,16,19)(H,17,18). The van der Waals surface area contributed by atoms with Gasteiger partial charge in [-0.2, -0.15) is 0 Å². The van der Waals surface area contributed by atoms with Gasteiger partial charge in [-0.3, -0.25) is 4.79 Å². The Kier molecular flexibility index (Phi) is 4.20. The zero-order valence-electron chi connectivity index (χ0n) is 11.2. The van der Waals surface area contributed by atoms with E-state index in [0.717, 1.165) is 43.4 Å². The van der Waals surface area contributed by atoms with Crippen LogP contribution in [-0.2, 0) is 4.79 Å². The maximum absolute atomic E-state index is 12.5. The summed E-state index contributed by atoms with van der Waals surface area (Å²) in [7, 11) is 0. The first kappa shape index (κ1) is 14.0. The first-order chi connectivity index (χ1) is 9.09. The average Bonchev–Trinajstić information content (AvgIpc) is 2.89. The van der Waals surface area contributed by atoms with Crippen LogP contribution in [0.3, 0.4) is 0 Å². The number of hydrogen-bond donors (Lipinski definition) is 2. The van der Waals surface area contributed by atoms with E-state index in [4.69, 9.17) is 18.0 Å². The third-order valence-electron chi connectivity index (χ3n) is 4.16. The van der Waals surface area contributed by atoms with E-state index >= 15 is 0 Å². The lowest BCUT2D eigenvalue weighted by molar-refractivity contribution is -0.125. The number of thiocarbonyl (C=S) groups is 1. The van der Waals surface area contributed by atoms with Gasteiger partial charge in [0.25, 0.3) is 0 Å². The molecule has 1 aliphatic rings. The second kappa shape index (κ2) is 5.70. The Hall–Kier alpha value is -1.42. The highest BCUT2D eigenvalue weighted by atomic mass is 32.1. The minimum Gasteiger partial charge on any atom is -0.389 e. The van der Waals surface area contributed by atoms with Gasteiger partial charge in [-0.15, -0.1) is 0 Å². The lowest BCUT2D eigenvalue weighted by atomic mass is 9.82. The Labute approximate surface area is 119 Å². The highest BCUT2D eigenvalue weighted by molar-refractivity contribution is 7.80. The van der Waals surface area contributed by atoms with E-state index < -0.39 is 0 Å². The summed E-state index contributed by atoms with van der Waals surface area (Å²) in [6, 6.07) is 7.44. The van der Waals surface area contributed by atoms with Gasteiger partial charge in [0, 0.05) is 11.0 Å². The molecule has 19 heavy (non-hydrogen) atoms. The molecular formula is C15H20N2OS. The number of carbonyl (C=O) groups is 1. The van der Waals surface area contributed by atoms with Crippen molar-refractivity contribution >= 4 is 28.8 Å². The molecule has 0 unspecified atom stereocenters. The van der Waals surface area contributed by atoms with E-state index in [1.165, 1.54) is 0 Å². The van der Waals surface area contributed by atoms with Gasteiger partial charge in [0.1, 0.15) is 4.99 Å². The quantitative estimate of drug-likeness (QED) is 0.830. The topological polar surface area (TPSA) is 55.1 Å². The smallest absolute Gasteiger partial charge is 0.230 e. The second-order valence-electron chi connectivity index (χ2n) is 5.20. The van der Waals surface area contributed by atoms with Crippen molar-refractivity contribution in [2.75, 3.05) is 5.32 Å². The third-order valence-corrected chi connectivity index (χ3v) is 4.38. The van der Waals surface area contributed by atoms with Crippen molar-refractivity contribution in [1.82, 2.24) is 0 Å². The van der Waals surface area contributed by atoms with Crippen LogP contribution in [0.2, 0.25) is 0 Å². The molecular weight excluding hydrogens is 256 g/mol. The van der Waals surface area contributed by atoms with Crippen LogP contribution >= 0.6 is 12.2 Å². The van der Waals surface area contributed by atoms with Gasteiger partial charge in [-0.1, -0.05) is 44.1 Å². The number of nitrogens with one attached hydrogen (secondary N) is 1. The fourth-order valence-corrected chi connectivity index (χ4v) is 3.03. The molecule has 1 aromatic carbocycles.